The molecule has 3 atom stereocenters. The number of aryl methyl sites for hydroxylation is 1. The van der Waals surface area contributed by atoms with Crippen molar-refractivity contribution in [2.45, 2.75) is 84.2 Å². The minimum atomic E-state index is -3.52. The molecule has 402 valence electrons. The summed E-state index contributed by atoms with van der Waals surface area (Å²) in [6.45, 7) is 13.7. The predicted molar refractivity (Wildman–Crippen MR) is 296 cm³/mol. The second-order valence-electron chi connectivity index (χ2n) is 20.6. The molecule has 0 saturated carbocycles. The smallest absolute Gasteiger partial charge is 0.246 e. The summed E-state index contributed by atoms with van der Waals surface area (Å²) in [5, 5.41) is 23.3. The topological polar surface area (TPSA) is 218 Å². The van der Waals surface area contributed by atoms with Gasteiger partial charge in [0.25, 0.3) is 0 Å². The van der Waals surface area contributed by atoms with Crippen LogP contribution in [-0.4, -0.2) is 158 Å². The van der Waals surface area contributed by atoms with E-state index < -0.39 is 33.6 Å². The standard InChI is InChI=1S/C53H69ClN12O7S2/c1-34-47(74-33-57-34)36-14-12-35(13-15-36)30-55-50(69)44-29-39(67)32-66(44)51(70)48(53(2,3)4)60-46(68)20-21-63-24-26-65(27-25-63)37-18-22-64(23-19-37)38-16-17-42(45(28-38)73-6)59-52-56-31-40(54)49(61-52)58-41-10-8-9-11-43(41)62(5)75(7,71)72/h8-17,28,31,33,37,39,44,48,67H,18-27,29-30,32H2,1-7H3,(H,55,69)(H,60,68)(H2,56,58,59,61)/t39-,44-,48-/m1/s1. The third-order valence-electron chi connectivity index (χ3n) is 14.3. The molecule has 3 aliphatic heterocycles. The summed E-state index contributed by atoms with van der Waals surface area (Å²) in [6, 6.07) is 19.6. The quantitative estimate of drug-likeness (QED) is 0.0657. The molecule has 22 heteroatoms. The number of rotatable bonds is 18. The SMILES string of the molecule is COc1cc(N2CCC(N3CCN(CCC(=O)N[C@H](C(=O)N4C[C@H](O)C[C@@H]4C(=O)NCc4ccc(-c5scnc5C)cc4)C(C)(C)C)CC3)CC2)ccc1Nc1ncc(Cl)c(Nc2ccccc2N(C)S(C)(=O)=O)n1. The maximum atomic E-state index is 14.2. The summed E-state index contributed by atoms with van der Waals surface area (Å²) in [7, 11) is -0.423. The number of aromatic nitrogens is 3. The number of sulfonamides is 1. The van der Waals surface area contributed by atoms with E-state index in [0.29, 0.717) is 41.2 Å². The highest BCUT2D eigenvalue weighted by Crippen LogP contribution is 2.36. The van der Waals surface area contributed by atoms with E-state index in [4.69, 9.17) is 16.3 Å². The van der Waals surface area contributed by atoms with Crippen molar-refractivity contribution >= 4 is 85.2 Å². The van der Waals surface area contributed by atoms with Gasteiger partial charge in [-0.1, -0.05) is 68.8 Å². The lowest BCUT2D eigenvalue weighted by Gasteiger charge is -2.43. The molecule has 5 aromatic rings. The number of piperazine rings is 1. The molecular formula is C53H69ClN12O7S2. The lowest BCUT2D eigenvalue weighted by atomic mass is 9.85. The second kappa shape index (κ2) is 23.8. The number of hydrogen-bond acceptors (Lipinski definition) is 16. The Hall–Kier alpha value is -6.10. The monoisotopic (exact) mass is 1080 g/mol. The Kier molecular flexibility index (Phi) is 17.5. The van der Waals surface area contributed by atoms with E-state index in [9.17, 15) is 27.9 Å². The number of thiazole rings is 1. The van der Waals surface area contributed by atoms with E-state index in [1.165, 1.54) is 22.4 Å². The highest BCUT2D eigenvalue weighted by Gasteiger charge is 2.44. The first-order valence-corrected chi connectivity index (χ1v) is 28.4. The fraction of sp³-hybridized carbons (Fsp3) is 0.472. The zero-order valence-corrected chi connectivity index (χ0v) is 46.1. The molecule has 5 heterocycles. The molecule has 3 saturated heterocycles. The molecule has 0 bridgehead atoms. The molecular weight excluding hydrogens is 1020 g/mol. The van der Waals surface area contributed by atoms with Crippen LogP contribution in [0.25, 0.3) is 10.4 Å². The first-order valence-electron chi connectivity index (χ1n) is 25.3. The molecule has 3 aliphatic rings. The Bertz CT molecular complexity index is 2920. The van der Waals surface area contributed by atoms with E-state index in [0.717, 1.165) is 85.8 Å². The number of β-amino-alcohol motifs (C(OH)–C–C–N with tert-alkyl or cyclic N) is 1. The van der Waals surface area contributed by atoms with Gasteiger partial charge < -0.3 is 45.8 Å². The van der Waals surface area contributed by atoms with Gasteiger partial charge in [-0.05, 0) is 60.6 Å². The van der Waals surface area contributed by atoms with Crippen LogP contribution in [0.4, 0.5) is 34.5 Å². The Morgan fingerprint density at radius 1 is 0.960 bits per heavy atom. The number of ether oxygens (including phenoxy) is 1. The molecule has 3 aromatic carbocycles. The Morgan fingerprint density at radius 3 is 2.35 bits per heavy atom. The Balaban J connectivity index is 0.781. The number of amides is 3. The van der Waals surface area contributed by atoms with Gasteiger partial charge in [0.1, 0.15) is 22.9 Å². The first-order chi connectivity index (χ1) is 35.7. The number of carbonyl (C=O) groups is 3. The molecule has 0 unspecified atom stereocenters. The van der Waals surface area contributed by atoms with E-state index in [1.54, 1.807) is 42.7 Å². The minimum Gasteiger partial charge on any atom is -0.494 e. The van der Waals surface area contributed by atoms with Crippen LogP contribution in [0.3, 0.4) is 0 Å². The number of halogens is 1. The molecule has 0 radical (unpaired) electrons. The Labute approximate surface area is 449 Å². The van der Waals surface area contributed by atoms with Crippen molar-refractivity contribution in [2.24, 2.45) is 5.41 Å². The number of nitrogens with zero attached hydrogens (tertiary/aromatic N) is 8. The summed E-state index contributed by atoms with van der Waals surface area (Å²) in [5.41, 5.74) is 6.75. The minimum absolute atomic E-state index is 0.0175. The van der Waals surface area contributed by atoms with Crippen molar-refractivity contribution < 1.29 is 32.6 Å². The van der Waals surface area contributed by atoms with Crippen LogP contribution in [-0.2, 0) is 31.0 Å². The molecule has 0 spiro atoms. The van der Waals surface area contributed by atoms with Gasteiger partial charge in [0.05, 0.1) is 58.8 Å². The van der Waals surface area contributed by atoms with Crippen LogP contribution in [0.1, 0.15) is 57.7 Å². The molecule has 3 amide bonds. The third-order valence-corrected chi connectivity index (χ3v) is 16.7. The fourth-order valence-electron chi connectivity index (χ4n) is 9.89. The van der Waals surface area contributed by atoms with Gasteiger partial charge in [0.2, 0.25) is 33.7 Å². The number of aliphatic hydroxyl groups is 1. The van der Waals surface area contributed by atoms with Gasteiger partial charge in [-0.25, -0.2) is 18.4 Å². The Morgan fingerprint density at radius 2 is 1.68 bits per heavy atom. The molecule has 2 aromatic heterocycles. The average Bonchev–Trinajstić information content (AvgIpc) is 4.02. The van der Waals surface area contributed by atoms with Crippen LogP contribution in [0.2, 0.25) is 5.02 Å². The summed E-state index contributed by atoms with van der Waals surface area (Å²) in [6.07, 6.45) is 4.12. The maximum absolute atomic E-state index is 14.2. The van der Waals surface area contributed by atoms with Crippen molar-refractivity contribution in [3.63, 3.8) is 0 Å². The zero-order chi connectivity index (χ0) is 53.6. The number of hydrogen-bond donors (Lipinski definition) is 5. The number of methoxy groups -OCH3 is 1. The molecule has 0 aliphatic carbocycles. The fourth-order valence-corrected chi connectivity index (χ4v) is 11.4. The summed E-state index contributed by atoms with van der Waals surface area (Å²) < 4.78 is 31.6. The van der Waals surface area contributed by atoms with Crippen LogP contribution in [0.5, 0.6) is 5.75 Å². The van der Waals surface area contributed by atoms with Crippen molar-refractivity contribution in [1.29, 1.82) is 0 Å². The molecule has 75 heavy (non-hydrogen) atoms. The normalized spacial score (nSPS) is 18.4. The summed E-state index contributed by atoms with van der Waals surface area (Å²) >= 11 is 8.08. The van der Waals surface area contributed by atoms with E-state index in [2.05, 4.69) is 50.9 Å². The summed E-state index contributed by atoms with van der Waals surface area (Å²) in [5.74, 6) is 0.236. The molecule has 8 rings (SSSR count). The number of piperidine rings is 1. The van der Waals surface area contributed by atoms with Crippen LogP contribution < -0.4 is 35.2 Å². The van der Waals surface area contributed by atoms with E-state index in [1.807, 2.05) is 75.7 Å². The van der Waals surface area contributed by atoms with Crippen molar-refractivity contribution in [2.75, 3.05) is 92.6 Å². The van der Waals surface area contributed by atoms with Crippen LogP contribution in [0, 0.1) is 12.3 Å². The number of aliphatic hydroxyl groups excluding tert-OH is 1. The van der Waals surface area contributed by atoms with Gasteiger partial charge in [-0.3, -0.25) is 23.6 Å². The van der Waals surface area contributed by atoms with Crippen molar-refractivity contribution in [1.82, 2.24) is 40.3 Å². The molecule has 5 N–H and O–H groups in total. The zero-order valence-electron chi connectivity index (χ0n) is 43.7. The number of carbonyl (C=O) groups excluding carboxylic acids is 3. The number of anilines is 6. The van der Waals surface area contributed by atoms with Crippen LogP contribution >= 0.6 is 22.9 Å². The first kappa shape index (κ1) is 55.1. The summed E-state index contributed by atoms with van der Waals surface area (Å²) in [4.78, 5) is 64.4. The van der Waals surface area contributed by atoms with E-state index in [-0.39, 0.29) is 54.6 Å². The van der Waals surface area contributed by atoms with E-state index >= 15 is 0 Å². The van der Waals surface area contributed by atoms with Gasteiger partial charge in [-0.15, -0.1) is 11.3 Å². The third kappa shape index (κ3) is 13.7. The number of nitrogens with one attached hydrogen (secondary N) is 4. The highest BCUT2D eigenvalue weighted by atomic mass is 35.5. The lowest BCUT2D eigenvalue weighted by Crippen LogP contribution is -2.58. The van der Waals surface area contributed by atoms with Crippen LogP contribution in [0.15, 0.2) is 78.4 Å². The maximum Gasteiger partial charge on any atom is 0.246 e. The van der Waals surface area contributed by atoms with Crippen molar-refractivity contribution in [3.8, 4) is 16.2 Å². The number of benzene rings is 3. The van der Waals surface area contributed by atoms with Gasteiger partial charge in [0.15, 0.2) is 5.82 Å². The lowest BCUT2D eigenvalue weighted by molar-refractivity contribution is -0.144. The average molecular weight is 1090 g/mol. The number of para-hydroxylation sites is 2. The largest absolute Gasteiger partial charge is 0.494 e. The van der Waals surface area contributed by atoms with Gasteiger partial charge in [-0.2, -0.15) is 4.98 Å². The number of likely N-dealkylation sites (tertiary alicyclic amines) is 1. The molecule has 3 fully saturated rings. The predicted octanol–water partition coefficient (Wildman–Crippen LogP) is 6.24. The van der Waals surface area contributed by atoms with Gasteiger partial charge in [0, 0.05) is 96.6 Å². The van der Waals surface area contributed by atoms with Crippen molar-refractivity contribution in [3.05, 3.63) is 94.7 Å². The highest BCUT2D eigenvalue weighted by molar-refractivity contribution is 7.92. The molecule has 19 nitrogen and oxygen atoms in total. The second-order valence-corrected chi connectivity index (χ2v) is 23.8. The van der Waals surface area contributed by atoms with Gasteiger partial charge >= 0.3 is 0 Å².